The van der Waals surface area contributed by atoms with Gasteiger partial charge in [0.05, 0.1) is 6.61 Å². The molecule has 21 heavy (non-hydrogen) atoms. The van der Waals surface area contributed by atoms with Crippen LogP contribution in [0.4, 0.5) is 0 Å². The van der Waals surface area contributed by atoms with Crippen molar-refractivity contribution in [3.05, 3.63) is 21.9 Å². The molecule has 0 spiro atoms. The molecule has 5 heteroatoms. The molecule has 1 aromatic heterocycles. The van der Waals surface area contributed by atoms with E-state index in [0.29, 0.717) is 23.4 Å². The summed E-state index contributed by atoms with van der Waals surface area (Å²) in [6, 6.07) is 2.61. The Morgan fingerprint density at radius 3 is 2.71 bits per heavy atom. The van der Waals surface area contributed by atoms with E-state index >= 15 is 0 Å². The van der Waals surface area contributed by atoms with E-state index in [1.165, 1.54) is 11.3 Å². The van der Waals surface area contributed by atoms with Gasteiger partial charge in [0.2, 0.25) is 0 Å². The van der Waals surface area contributed by atoms with E-state index in [4.69, 9.17) is 5.11 Å². The molecule has 1 saturated heterocycles. The fourth-order valence-electron chi connectivity index (χ4n) is 2.50. The monoisotopic (exact) mass is 306 g/mol. The lowest BCUT2D eigenvalue weighted by atomic mass is 10.1. The molecule has 2 unspecified atom stereocenters. The summed E-state index contributed by atoms with van der Waals surface area (Å²) in [5, 5.41) is 10.7. The van der Waals surface area contributed by atoms with Crippen molar-refractivity contribution in [3.63, 3.8) is 0 Å². The summed E-state index contributed by atoms with van der Waals surface area (Å²) in [4.78, 5) is 17.7. The lowest BCUT2D eigenvalue weighted by molar-refractivity contribution is 0.0418. The van der Waals surface area contributed by atoms with E-state index in [1.807, 2.05) is 16.3 Å². The van der Waals surface area contributed by atoms with E-state index in [1.54, 1.807) is 0 Å². The Morgan fingerprint density at radius 1 is 1.43 bits per heavy atom. The fraction of sp³-hybridized carbons (Fsp3) is 0.562. The Bertz CT molecular complexity index is 546. The Kier molecular flexibility index (Phi) is 5.40. The number of hydrogen-bond donors (Lipinski definition) is 1. The van der Waals surface area contributed by atoms with Crippen molar-refractivity contribution in [1.82, 2.24) is 9.80 Å². The minimum atomic E-state index is 0.0495. The van der Waals surface area contributed by atoms with E-state index in [2.05, 4.69) is 37.6 Å². The number of hydrogen-bond acceptors (Lipinski definition) is 4. The van der Waals surface area contributed by atoms with Crippen LogP contribution in [0.5, 0.6) is 0 Å². The molecule has 0 saturated carbocycles. The minimum Gasteiger partial charge on any atom is -0.395 e. The third kappa shape index (κ3) is 3.65. The first kappa shape index (κ1) is 16.0. The highest BCUT2D eigenvalue weighted by Crippen LogP contribution is 2.21. The third-order valence-electron chi connectivity index (χ3n) is 3.97. The van der Waals surface area contributed by atoms with Crippen LogP contribution in [0.25, 0.3) is 0 Å². The SMILES string of the molecule is CC1CN(C(=O)c2sccc2C#CCCO)CC(C)N1C. The van der Waals surface area contributed by atoms with Gasteiger partial charge in [0.1, 0.15) is 4.88 Å². The van der Waals surface area contributed by atoms with Gasteiger partial charge in [-0.1, -0.05) is 11.8 Å². The van der Waals surface area contributed by atoms with Crippen molar-refractivity contribution >= 4 is 17.2 Å². The van der Waals surface area contributed by atoms with Crippen LogP contribution < -0.4 is 0 Å². The number of carbonyl (C=O) groups is 1. The largest absolute Gasteiger partial charge is 0.395 e. The van der Waals surface area contributed by atoms with Crippen molar-refractivity contribution in [3.8, 4) is 11.8 Å². The first-order valence-electron chi connectivity index (χ1n) is 7.23. The highest BCUT2D eigenvalue weighted by atomic mass is 32.1. The van der Waals surface area contributed by atoms with Crippen LogP contribution >= 0.6 is 11.3 Å². The normalized spacial score (nSPS) is 22.8. The lowest BCUT2D eigenvalue weighted by Gasteiger charge is -2.42. The minimum absolute atomic E-state index is 0.0495. The number of aliphatic hydroxyl groups excluding tert-OH is 1. The number of amides is 1. The number of piperazine rings is 1. The molecule has 2 atom stereocenters. The molecule has 114 valence electrons. The molecule has 1 amide bonds. The van der Waals surface area contributed by atoms with Gasteiger partial charge in [-0.15, -0.1) is 11.3 Å². The maximum Gasteiger partial charge on any atom is 0.265 e. The zero-order chi connectivity index (χ0) is 15.4. The second-order valence-electron chi connectivity index (χ2n) is 5.51. The first-order valence-corrected chi connectivity index (χ1v) is 8.11. The molecular formula is C16H22N2O2S. The highest BCUT2D eigenvalue weighted by Gasteiger charge is 2.30. The predicted octanol–water partition coefficient (Wildman–Crippen LogP) is 1.65. The van der Waals surface area contributed by atoms with Gasteiger partial charge in [-0.25, -0.2) is 0 Å². The van der Waals surface area contributed by atoms with Gasteiger partial charge in [-0.3, -0.25) is 9.69 Å². The molecule has 0 aliphatic carbocycles. The smallest absolute Gasteiger partial charge is 0.265 e. The maximum absolute atomic E-state index is 12.7. The number of thiophene rings is 1. The molecule has 4 nitrogen and oxygen atoms in total. The van der Waals surface area contributed by atoms with Crippen LogP contribution in [-0.2, 0) is 0 Å². The molecule has 1 aliphatic rings. The molecule has 2 rings (SSSR count). The number of aliphatic hydroxyl groups is 1. The molecular weight excluding hydrogens is 284 g/mol. The summed E-state index contributed by atoms with van der Waals surface area (Å²) in [6.45, 7) is 5.84. The molecule has 1 N–H and O–H groups in total. The zero-order valence-electron chi connectivity index (χ0n) is 12.8. The Labute approximate surface area is 130 Å². The summed E-state index contributed by atoms with van der Waals surface area (Å²) in [6.07, 6.45) is 0.437. The maximum atomic E-state index is 12.7. The van der Waals surface area contributed by atoms with Crippen LogP contribution in [0.3, 0.4) is 0 Å². The topological polar surface area (TPSA) is 43.8 Å². The van der Waals surface area contributed by atoms with Crippen LogP contribution in [0.1, 0.15) is 35.5 Å². The Morgan fingerprint density at radius 2 is 2.10 bits per heavy atom. The van der Waals surface area contributed by atoms with E-state index in [-0.39, 0.29) is 12.5 Å². The number of carbonyl (C=O) groups excluding carboxylic acids is 1. The predicted molar refractivity (Wildman–Crippen MR) is 85.5 cm³/mol. The first-order chi connectivity index (χ1) is 10.0. The van der Waals surface area contributed by atoms with Gasteiger partial charge >= 0.3 is 0 Å². The van der Waals surface area contributed by atoms with Crippen LogP contribution in [-0.4, -0.2) is 59.6 Å². The second kappa shape index (κ2) is 7.08. The average Bonchev–Trinajstić information content (AvgIpc) is 2.92. The lowest BCUT2D eigenvalue weighted by Crippen LogP contribution is -2.56. The summed E-state index contributed by atoms with van der Waals surface area (Å²) in [5.41, 5.74) is 0.776. The van der Waals surface area contributed by atoms with Crippen LogP contribution in [0, 0.1) is 11.8 Å². The van der Waals surface area contributed by atoms with Gasteiger partial charge in [0.25, 0.3) is 5.91 Å². The standard InChI is InChI=1S/C16H22N2O2S/c1-12-10-18(11-13(2)17(12)3)16(20)15-14(7-9-21-15)6-4-5-8-19/h7,9,12-13,19H,5,8,10-11H2,1-3H3. The van der Waals surface area contributed by atoms with Crippen molar-refractivity contribution in [1.29, 1.82) is 0 Å². The average molecular weight is 306 g/mol. The summed E-state index contributed by atoms with van der Waals surface area (Å²) >= 11 is 1.44. The van der Waals surface area contributed by atoms with Gasteiger partial charge in [-0.05, 0) is 32.3 Å². The molecule has 1 aliphatic heterocycles. The van der Waals surface area contributed by atoms with Gasteiger partial charge < -0.3 is 10.0 Å². The van der Waals surface area contributed by atoms with Gasteiger partial charge in [-0.2, -0.15) is 0 Å². The Hall–Kier alpha value is -1.35. The van der Waals surface area contributed by atoms with Gasteiger partial charge in [0, 0.05) is 37.2 Å². The van der Waals surface area contributed by atoms with Crippen molar-refractivity contribution < 1.29 is 9.90 Å². The van der Waals surface area contributed by atoms with Crippen molar-refractivity contribution in [2.24, 2.45) is 0 Å². The molecule has 0 bridgehead atoms. The molecule has 2 heterocycles. The number of nitrogens with zero attached hydrogens (tertiary/aromatic N) is 2. The van der Waals surface area contributed by atoms with E-state index in [0.717, 1.165) is 18.7 Å². The van der Waals surface area contributed by atoms with E-state index in [9.17, 15) is 4.79 Å². The molecule has 0 radical (unpaired) electrons. The highest BCUT2D eigenvalue weighted by molar-refractivity contribution is 7.12. The fourth-order valence-corrected chi connectivity index (χ4v) is 3.32. The number of likely N-dealkylation sites (N-methyl/N-ethyl adjacent to an activating group) is 1. The summed E-state index contributed by atoms with van der Waals surface area (Å²) in [5.74, 6) is 5.95. The molecule has 0 aromatic carbocycles. The van der Waals surface area contributed by atoms with E-state index < -0.39 is 0 Å². The van der Waals surface area contributed by atoms with Crippen molar-refractivity contribution in [2.45, 2.75) is 32.4 Å². The third-order valence-corrected chi connectivity index (χ3v) is 4.87. The summed E-state index contributed by atoms with van der Waals surface area (Å²) < 4.78 is 0. The molecule has 1 aromatic rings. The quantitative estimate of drug-likeness (QED) is 0.845. The second-order valence-corrected chi connectivity index (χ2v) is 6.43. The van der Waals surface area contributed by atoms with Crippen LogP contribution in [0.2, 0.25) is 0 Å². The Balaban J connectivity index is 2.14. The van der Waals surface area contributed by atoms with Gasteiger partial charge in [0.15, 0.2) is 0 Å². The number of rotatable bonds is 2. The summed E-state index contributed by atoms with van der Waals surface area (Å²) in [7, 11) is 2.11. The van der Waals surface area contributed by atoms with Crippen molar-refractivity contribution in [2.75, 3.05) is 26.7 Å². The molecule has 1 fully saturated rings. The van der Waals surface area contributed by atoms with Crippen LogP contribution in [0.15, 0.2) is 11.4 Å². The zero-order valence-corrected chi connectivity index (χ0v) is 13.6.